The predicted molar refractivity (Wildman–Crippen MR) is 78.7 cm³/mol. The molecule has 5 heteroatoms. The molecule has 0 aliphatic carbocycles. The maximum Gasteiger partial charge on any atom is 0.230 e. The quantitative estimate of drug-likeness (QED) is 0.779. The standard InChI is InChI=1S/C13H16N2OS2/c1-17-10-13(16)15-6-7-18-9-12-5-3-2-4-11(12)8-14/h2-5H,6-7,9-10H2,1H3,(H,15,16). The van der Waals surface area contributed by atoms with Gasteiger partial charge < -0.3 is 5.32 Å². The molecule has 0 heterocycles. The van der Waals surface area contributed by atoms with E-state index in [1.807, 2.05) is 30.5 Å². The number of carbonyl (C=O) groups excluding carboxylic acids is 1. The van der Waals surface area contributed by atoms with Gasteiger partial charge in [0, 0.05) is 18.1 Å². The Morgan fingerprint density at radius 2 is 2.22 bits per heavy atom. The number of carbonyl (C=O) groups is 1. The minimum atomic E-state index is 0.0838. The van der Waals surface area contributed by atoms with Crippen molar-refractivity contribution < 1.29 is 4.79 Å². The highest BCUT2D eigenvalue weighted by Gasteiger charge is 2.01. The van der Waals surface area contributed by atoms with Gasteiger partial charge in [-0.1, -0.05) is 18.2 Å². The Morgan fingerprint density at radius 3 is 2.94 bits per heavy atom. The van der Waals surface area contributed by atoms with Gasteiger partial charge in [-0.05, 0) is 17.9 Å². The summed E-state index contributed by atoms with van der Waals surface area (Å²) in [4.78, 5) is 11.2. The van der Waals surface area contributed by atoms with E-state index in [1.54, 1.807) is 11.8 Å². The highest BCUT2D eigenvalue weighted by atomic mass is 32.2. The van der Waals surface area contributed by atoms with Gasteiger partial charge in [0.1, 0.15) is 0 Å². The molecule has 1 rings (SSSR count). The van der Waals surface area contributed by atoms with Gasteiger partial charge in [0.25, 0.3) is 0 Å². The number of nitrogens with zero attached hydrogens (tertiary/aromatic N) is 1. The van der Waals surface area contributed by atoms with Crippen molar-refractivity contribution in [3.63, 3.8) is 0 Å². The smallest absolute Gasteiger partial charge is 0.230 e. The van der Waals surface area contributed by atoms with Crippen LogP contribution in [-0.4, -0.2) is 30.2 Å². The Kier molecular flexibility index (Phi) is 7.38. The molecule has 0 aliphatic heterocycles. The molecule has 1 aromatic carbocycles. The van der Waals surface area contributed by atoms with Crippen LogP contribution in [0.4, 0.5) is 0 Å². The fourth-order valence-electron chi connectivity index (χ4n) is 1.38. The first-order valence-electron chi connectivity index (χ1n) is 5.59. The topological polar surface area (TPSA) is 52.9 Å². The number of thioether (sulfide) groups is 2. The zero-order chi connectivity index (χ0) is 13.2. The molecule has 0 aromatic heterocycles. The number of hydrogen-bond donors (Lipinski definition) is 1. The lowest BCUT2D eigenvalue weighted by Gasteiger charge is -2.05. The summed E-state index contributed by atoms with van der Waals surface area (Å²) in [5.74, 6) is 2.27. The summed E-state index contributed by atoms with van der Waals surface area (Å²) in [6.45, 7) is 0.679. The minimum Gasteiger partial charge on any atom is -0.355 e. The number of nitrogens with one attached hydrogen (secondary N) is 1. The summed E-state index contributed by atoms with van der Waals surface area (Å²) in [6.07, 6.45) is 1.91. The van der Waals surface area contributed by atoms with Crippen molar-refractivity contribution in [1.29, 1.82) is 5.26 Å². The number of hydrogen-bond acceptors (Lipinski definition) is 4. The number of nitriles is 1. The van der Waals surface area contributed by atoms with E-state index in [0.717, 1.165) is 22.6 Å². The molecular weight excluding hydrogens is 264 g/mol. The molecule has 0 radical (unpaired) electrons. The third-order valence-corrected chi connectivity index (χ3v) is 3.80. The average Bonchev–Trinajstić information content (AvgIpc) is 2.39. The van der Waals surface area contributed by atoms with Gasteiger partial charge in [-0.25, -0.2) is 0 Å². The second-order valence-electron chi connectivity index (χ2n) is 3.60. The molecular formula is C13H16N2OS2. The maximum atomic E-state index is 11.2. The summed E-state index contributed by atoms with van der Waals surface area (Å²) < 4.78 is 0. The van der Waals surface area contributed by atoms with Gasteiger partial charge in [0.05, 0.1) is 17.4 Å². The highest BCUT2D eigenvalue weighted by molar-refractivity contribution is 7.99. The van der Waals surface area contributed by atoms with Crippen LogP contribution in [0.3, 0.4) is 0 Å². The molecule has 0 saturated heterocycles. The first-order valence-corrected chi connectivity index (χ1v) is 8.14. The van der Waals surface area contributed by atoms with E-state index >= 15 is 0 Å². The maximum absolute atomic E-state index is 11.2. The zero-order valence-corrected chi connectivity index (χ0v) is 11.9. The van der Waals surface area contributed by atoms with Gasteiger partial charge in [-0.15, -0.1) is 0 Å². The van der Waals surface area contributed by atoms with Crippen molar-refractivity contribution in [2.45, 2.75) is 5.75 Å². The fraction of sp³-hybridized carbons (Fsp3) is 0.385. The molecule has 0 atom stereocenters. The molecule has 3 nitrogen and oxygen atoms in total. The van der Waals surface area contributed by atoms with E-state index in [0.29, 0.717) is 12.3 Å². The van der Waals surface area contributed by atoms with Crippen LogP contribution in [0.25, 0.3) is 0 Å². The number of amides is 1. The summed E-state index contributed by atoms with van der Waals surface area (Å²) >= 11 is 3.24. The third kappa shape index (κ3) is 5.48. The first-order chi connectivity index (χ1) is 8.77. The van der Waals surface area contributed by atoms with Crippen LogP contribution in [0.5, 0.6) is 0 Å². The van der Waals surface area contributed by atoms with E-state index in [4.69, 9.17) is 5.26 Å². The SMILES string of the molecule is CSCC(=O)NCCSCc1ccccc1C#N. The van der Waals surface area contributed by atoms with Gasteiger partial charge in [-0.3, -0.25) is 4.79 Å². The third-order valence-electron chi connectivity index (χ3n) is 2.24. The minimum absolute atomic E-state index is 0.0838. The van der Waals surface area contributed by atoms with Gasteiger partial charge in [-0.2, -0.15) is 28.8 Å². The Balaban J connectivity index is 2.22. The summed E-state index contributed by atoms with van der Waals surface area (Å²) in [5.41, 5.74) is 1.79. The summed E-state index contributed by atoms with van der Waals surface area (Å²) in [7, 11) is 0. The van der Waals surface area contributed by atoms with Crippen LogP contribution in [-0.2, 0) is 10.5 Å². The molecule has 0 fully saturated rings. The second kappa shape index (κ2) is 8.90. The molecule has 1 amide bonds. The van der Waals surface area contributed by atoms with Gasteiger partial charge >= 0.3 is 0 Å². The fourth-order valence-corrected chi connectivity index (χ4v) is 2.61. The van der Waals surface area contributed by atoms with E-state index in [2.05, 4.69) is 11.4 Å². The summed E-state index contributed by atoms with van der Waals surface area (Å²) in [6, 6.07) is 9.80. The Labute approximate surface area is 116 Å². The van der Waals surface area contributed by atoms with E-state index in [-0.39, 0.29) is 5.91 Å². The molecule has 18 heavy (non-hydrogen) atoms. The van der Waals surface area contributed by atoms with Crippen LogP contribution in [0.2, 0.25) is 0 Å². The van der Waals surface area contributed by atoms with E-state index < -0.39 is 0 Å². The highest BCUT2D eigenvalue weighted by Crippen LogP contribution is 2.15. The lowest BCUT2D eigenvalue weighted by atomic mass is 10.1. The Hall–Kier alpha value is -1.12. The molecule has 1 N–H and O–H groups in total. The average molecular weight is 280 g/mol. The van der Waals surface area contributed by atoms with Crippen molar-refractivity contribution in [2.75, 3.05) is 24.3 Å². The molecule has 0 bridgehead atoms. The van der Waals surface area contributed by atoms with Gasteiger partial charge in [0.2, 0.25) is 5.91 Å². The molecule has 0 unspecified atom stereocenters. The molecule has 0 spiro atoms. The van der Waals surface area contributed by atoms with Crippen molar-refractivity contribution in [3.8, 4) is 6.07 Å². The Morgan fingerprint density at radius 1 is 1.44 bits per heavy atom. The molecule has 1 aromatic rings. The number of rotatable bonds is 7. The molecule has 0 saturated carbocycles. The number of benzene rings is 1. The lowest BCUT2D eigenvalue weighted by Crippen LogP contribution is -2.27. The monoisotopic (exact) mass is 280 g/mol. The van der Waals surface area contributed by atoms with Crippen molar-refractivity contribution in [2.24, 2.45) is 0 Å². The van der Waals surface area contributed by atoms with Crippen LogP contribution >= 0.6 is 23.5 Å². The largest absolute Gasteiger partial charge is 0.355 e. The van der Waals surface area contributed by atoms with E-state index in [9.17, 15) is 4.79 Å². The van der Waals surface area contributed by atoms with Crippen LogP contribution in [0, 0.1) is 11.3 Å². The van der Waals surface area contributed by atoms with Crippen LogP contribution in [0.1, 0.15) is 11.1 Å². The van der Waals surface area contributed by atoms with Crippen molar-refractivity contribution in [3.05, 3.63) is 35.4 Å². The predicted octanol–water partition coefficient (Wildman–Crippen LogP) is 2.27. The molecule has 0 aliphatic rings. The van der Waals surface area contributed by atoms with Gasteiger partial charge in [0.15, 0.2) is 0 Å². The van der Waals surface area contributed by atoms with E-state index in [1.165, 1.54) is 11.8 Å². The second-order valence-corrected chi connectivity index (χ2v) is 5.58. The molecule has 96 valence electrons. The van der Waals surface area contributed by atoms with Crippen molar-refractivity contribution in [1.82, 2.24) is 5.32 Å². The first kappa shape index (κ1) is 14.9. The Bertz CT molecular complexity index is 429. The normalized spacial score (nSPS) is 9.78. The van der Waals surface area contributed by atoms with Crippen LogP contribution in [0.15, 0.2) is 24.3 Å². The zero-order valence-electron chi connectivity index (χ0n) is 10.3. The summed E-state index contributed by atoms with van der Waals surface area (Å²) in [5, 5.41) is 11.8. The lowest BCUT2D eigenvalue weighted by molar-refractivity contribution is -0.118. The van der Waals surface area contributed by atoms with Crippen LogP contribution < -0.4 is 5.32 Å². The van der Waals surface area contributed by atoms with Crippen molar-refractivity contribution >= 4 is 29.4 Å².